The third-order valence-electron chi connectivity index (χ3n) is 3.53. The molecule has 4 rings (SSSR count). The monoisotopic (exact) mass is 331 g/mol. The van der Waals surface area contributed by atoms with Gasteiger partial charge in [-0.15, -0.1) is 11.3 Å². The standard InChI is InChI=1S/C15H13N3O4S/c19-14(12-13(22-8-16-12)11-4-2-6-21-11)18-15-17-9(7-23-15)10-3-1-5-20-10/h1,3,5,7-8,11H,2,4,6H2,(H,17,18,19). The molecule has 7 nitrogen and oxygen atoms in total. The number of amides is 1. The molecule has 1 fully saturated rings. The van der Waals surface area contributed by atoms with Crippen molar-refractivity contribution in [3.8, 4) is 11.5 Å². The van der Waals surface area contributed by atoms with Crippen LogP contribution >= 0.6 is 11.3 Å². The first-order valence-corrected chi connectivity index (χ1v) is 8.05. The van der Waals surface area contributed by atoms with Crippen LogP contribution in [-0.4, -0.2) is 22.5 Å². The lowest BCUT2D eigenvalue weighted by atomic mass is 10.1. The van der Waals surface area contributed by atoms with E-state index >= 15 is 0 Å². The number of hydrogen-bond donors (Lipinski definition) is 1. The number of nitrogens with zero attached hydrogens (tertiary/aromatic N) is 2. The van der Waals surface area contributed by atoms with Gasteiger partial charge in [0.25, 0.3) is 5.91 Å². The summed E-state index contributed by atoms with van der Waals surface area (Å²) >= 11 is 1.32. The predicted octanol–water partition coefficient (Wildman–Crippen LogP) is 3.49. The second-order valence-electron chi connectivity index (χ2n) is 5.04. The van der Waals surface area contributed by atoms with Crippen LogP contribution in [0.1, 0.15) is 35.2 Å². The fraction of sp³-hybridized carbons (Fsp3) is 0.267. The molecule has 8 heteroatoms. The minimum Gasteiger partial charge on any atom is -0.463 e. The van der Waals surface area contributed by atoms with Crippen molar-refractivity contribution in [3.63, 3.8) is 0 Å². The Kier molecular flexibility index (Phi) is 3.68. The summed E-state index contributed by atoms with van der Waals surface area (Å²) in [4.78, 5) is 20.7. The minimum absolute atomic E-state index is 0.201. The Balaban J connectivity index is 1.51. The summed E-state index contributed by atoms with van der Waals surface area (Å²) in [7, 11) is 0. The van der Waals surface area contributed by atoms with E-state index in [1.807, 2.05) is 11.4 Å². The SMILES string of the molecule is O=C(Nc1nc(-c2ccco2)cs1)c1ncoc1C1CCCO1. The normalized spacial score (nSPS) is 17.5. The summed E-state index contributed by atoms with van der Waals surface area (Å²) < 4.78 is 16.2. The number of thiazole rings is 1. The van der Waals surface area contributed by atoms with Crippen molar-refractivity contribution >= 4 is 22.4 Å². The molecular weight excluding hydrogens is 318 g/mol. The molecule has 0 aromatic carbocycles. The molecule has 3 aromatic rings. The summed E-state index contributed by atoms with van der Waals surface area (Å²) in [6, 6.07) is 3.60. The highest BCUT2D eigenvalue weighted by atomic mass is 32.1. The van der Waals surface area contributed by atoms with Crippen LogP contribution in [0.3, 0.4) is 0 Å². The number of anilines is 1. The second kappa shape index (κ2) is 5.98. The molecule has 0 radical (unpaired) electrons. The molecular formula is C15H13N3O4S. The molecule has 0 saturated carbocycles. The van der Waals surface area contributed by atoms with Gasteiger partial charge in [0.05, 0.1) is 6.26 Å². The molecule has 1 aliphatic heterocycles. The van der Waals surface area contributed by atoms with Gasteiger partial charge in [0.2, 0.25) is 0 Å². The van der Waals surface area contributed by atoms with E-state index in [-0.39, 0.29) is 17.7 Å². The van der Waals surface area contributed by atoms with Gasteiger partial charge in [0, 0.05) is 12.0 Å². The number of oxazole rings is 1. The lowest BCUT2D eigenvalue weighted by Crippen LogP contribution is -2.15. The molecule has 1 amide bonds. The van der Waals surface area contributed by atoms with Gasteiger partial charge >= 0.3 is 0 Å². The van der Waals surface area contributed by atoms with E-state index in [4.69, 9.17) is 13.6 Å². The van der Waals surface area contributed by atoms with Crippen molar-refractivity contribution in [3.05, 3.63) is 41.6 Å². The Bertz CT molecular complexity index is 802. The van der Waals surface area contributed by atoms with Gasteiger partial charge in [-0.2, -0.15) is 0 Å². The van der Waals surface area contributed by atoms with Crippen LogP contribution in [0.25, 0.3) is 11.5 Å². The highest BCUT2D eigenvalue weighted by Crippen LogP contribution is 2.31. The zero-order valence-electron chi connectivity index (χ0n) is 12.0. The van der Waals surface area contributed by atoms with E-state index in [9.17, 15) is 4.79 Å². The molecule has 1 unspecified atom stereocenters. The third kappa shape index (κ3) is 2.78. The molecule has 4 heterocycles. The van der Waals surface area contributed by atoms with Crippen molar-refractivity contribution in [2.75, 3.05) is 11.9 Å². The molecule has 23 heavy (non-hydrogen) atoms. The average Bonchev–Trinajstić information content (AvgIpc) is 3.30. The maximum Gasteiger partial charge on any atom is 0.279 e. The minimum atomic E-state index is -0.357. The molecule has 1 N–H and O–H groups in total. The number of carbonyl (C=O) groups is 1. The molecule has 0 spiro atoms. The van der Waals surface area contributed by atoms with E-state index in [2.05, 4.69) is 15.3 Å². The van der Waals surface area contributed by atoms with E-state index in [1.54, 1.807) is 12.3 Å². The molecule has 1 saturated heterocycles. The largest absolute Gasteiger partial charge is 0.463 e. The molecule has 3 aromatic heterocycles. The lowest BCUT2D eigenvalue weighted by molar-refractivity contribution is 0.0889. The first-order chi connectivity index (χ1) is 11.3. The number of nitrogens with one attached hydrogen (secondary N) is 1. The van der Waals surface area contributed by atoms with Crippen LogP contribution in [0.15, 0.2) is 39.0 Å². The molecule has 0 bridgehead atoms. The van der Waals surface area contributed by atoms with Crippen LogP contribution in [0.2, 0.25) is 0 Å². The Morgan fingerprint density at radius 3 is 3.13 bits per heavy atom. The van der Waals surface area contributed by atoms with Gasteiger partial charge in [0.1, 0.15) is 11.8 Å². The van der Waals surface area contributed by atoms with Crippen LogP contribution < -0.4 is 5.32 Å². The summed E-state index contributed by atoms with van der Waals surface area (Å²) in [5.74, 6) is 0.774. The molecule has 0 aliphatic carbocycles. The number of rotatable bonds is 4. The summed E-state index contributed by atoms with van der Waals surface area (Å²) in [5, 5.41) is 5.03. The number of carbonyl (C=O) groups excluding carboxylic acids is 1. The maximum absolute atomic E-state index is 12.4. The highest BCUT2D eigenvalue weighted by Gasteiger charge is 2.28. The Hall–Kier alpha value is -2.45. The lowest BCUT2D eigenvalue weighted by Gasteiger charge is -2.07. The number of furan rings is 1. The van der Waals surface area contributed by atoms with Gasteiger partial charge < -0.3 is 13.6 Å². The fourth-order valence-corrected chi connectivity index (χ4v) is 3.16. The molecule has 118 valence electrons. The van der Waals surface area contributed by atoms with Crippen LogP contribution in [-0.2, 0) is 4.74 Å². The van der Waals surface area contributed by atoms with Gasteiger partial charge in [-0.1, -0.05) is 0 Å². The van der Waals surface area contributed by atoms with Gasteiger partial charge in [-0.05, 0) is 25.0 Å². The van der Waals surface area contributed by atoms with Gasteiger partial charge in [0.15, 0.2) is 28.7 Å². The van der Waals surface area contributed by atoms with Crippen molar-refractivity contribution in [2.24, 2.45) is 0 Å². The number of hydrogen-bond acceptors (Lipinski definition) is 7. The van der Waals surface area contributed by atoms with E-state index in [0.717, 1.165) is 12.8 Å². The first-order valence-electron chi connectivity index (χ1n) is 7.17. The van der Waals surface area contributed by atoms with Crippen molar-refractivity contribution < 1.29 is 18.4 Å². The Morgan fingerprint density at radius 2 is 2.35 bits per heavy atom. The average molecular weight is 331 g/mol. The predicted molar refractivity (Wildman–Crippen MR) is 82.2 cm³/mol. The first kappa shape index (κ1) is 14.2. The summed E-state index contributed by atoms with van der Waals surface area (Å²) in [6.45, 7) is 0.672. The van der Waals surface area contributed by atoms with Crippen molar-refractivity contribution in [2.45, 2.75) is 18.9 Å². The second-order valence-corrected chi connectivity index (χ2v) is 5.89. The van der Waals surface area contributed by atoms with E-state index < -0.39 is 0 Å². The summed E-state index contributed by atoms with van der Waals surface area (Å²) in [5.41, 5.74) is 0.918. The molecule has 1 aliphatic rings. The topological polar surface area (TPSA) is 90.4 Å². The maximum atomic E-state index is 12.4. The number of aromatic nitrogens is 2. The quantitative estimate of drug-likeness (QED) is 0.787. The highest BCUT2D eigenvalue weighted by molar-refractivity contribution is 7.14. The van der Waals surface area contributed by atoms with Gasteiger partial charge in [-0.3, -0.25) is 10.1 Å². The summed E-state index contributed by atoms with van der Waals surface area (Å²) in [6.07, 6.45) is 4.42. The molecule has 1 atom stereocenters. The van der Waals surface area contributed by atoms with Crippen LogP contribution in [0.4, 0.5) is 5.13 Å². The van der Waals surface area contributed by atoms with Crippen molar-refractivity contribution in [1.82, 2.24) is 9.97 Å². The zero-order valence-corrected chi connectivity index (χ0v) is 12.8. The van der Waals surface area contributed by atoms with E-state index in [1.165, 1.54) is 17.7 Å². The zero-order chi connectivity index (χ0) is 15.6. The van der Waals surface area contributed by atoms with Crippen LogP contribution in [0.5, 0.6) is 0 Å². The smallest absolute Gasteiger partial charge is 0.279 e. The third-order valence-corrected chi connectivity index (χ3v) is 4.29. The number of ether oxygens (including phenoxy) is 1. The van der Waals surface area contributed by atoms with Gasteiger partial charge in [-0.25, -0.2) is 9.97 Å². The van der Waals surface area contributed by atoms with Crippen LogP contribution in [0, 0.1) is 0 Å². The van der Waals surface area contributed by atoms with E-state index in [0.29, 0.717) is 29.0 Å². The fourth-order valence-electron chi connectivity index (χ4n) is 2.46. The Labute approximate surface area is 135 Å². The van der Waals surface area contributed by atoms with Crippen molar-refractivity contribution in [1.29, 1.82) is 0 Å². The Morgan fingerprint density at radius 1 is 1.39 bits per heavy atom.